The maximum atomic E-state index is 12.7. The number of Topliss-reactive ketones (excluding diaryl/α,β-unsaturated/α-hetero) is 1. The maximum absolute atomic E-state index is 12.7. The van der Waals surface area contributed by atoms with Gasteiger partial charge in [-0.1, -0.05) is 27.7 Å². The summed E-state index contributed by atoms with van der Waals surface area (Å²) in [6.45, 7) is 11.8. The van der Waals surface area contributed by atoms with Gasteiger partial charge in [0.15, 0.2) is 0 Å². The summed E-state index contributed by atoms with van der Waals surface area (Å²) in [7, 11) is 2.04. The summed E-state index contributed by atoms with van der Waals surface area (Å²) in [6.07, 6.45) is 9.14. The fraction of sp³-hybridized carbons (Fsp3) is 0.960. The van der Waals surface area contributed by atoms with Gasteiger partial charge in [0.05, 0.1) is 6.10 Å². The zero-order chi connectivity index (χ0) is 20.3. The van der Waals surface area contributed by atoms with Crippen LogP contribution >= 0.6 is 0 Å². The third-order valence-corrected chi connectivity index (χ3v) is 11.9. The molecule has 0 aromatic heterocycles. The largest absolute Gasteiger partial charge is 0.393 e. The standard InChI is InChI=1S/C25H41NO2/c1-15(26-6)20-16(27)13-23(5)18-8-7-17-21(2,3)19(28)9-10-24(17)14-25(18,24)12-11-22(20,23)4/h15-18,20,26-27H,7-14H2,1-6H3/t15-,16+,17?,18?,20-,22+,23-,24+,25-/m0/s1. The van der Waals surface area contributed by atoms with Crippen LogP contribution in [0, 0.1) is 44.8 Å². The summed E-state index contributed by atoms with van der Waals surface area (Å²) < 4.78 is 0. The van der Waals surface area contributed by atoms with Gasteiger partial charge in [-0.15, -0.1) is 0 Å². The van der Waals surface area contributed by atoms with E-state index in [4.69, 9.17) is 0 Å². The van der Waals surface area contributed by atoms with E-state index in [1.54, 1.807) is 0 Å². The lowest BCUT2D eigenvalue weighted by atomic mass is 9.42. The van der Waals surface area contributed by atoms with Gasteiger partial charge in [0.1, 0.15) is 5.78 Å². The predicted octanol–water partition coefficient (Wildman–Crippen LogP) is 4.57. The van der Waals surface area contributed by atoms with Crippen molar-refractivity contribution in [2.24, 2.45) is 44.8 Å². The van der Waals surface area contributed by atoms with Crippen LogP contribution in [0.3, 0.4) is 0 Å². The lowest BCUT2D eigenvalue weighted by Crippen LogP contribution is -2.58. The molecular formula is C25H41NO2. The molecule has 28 heavy (non-hydrogen) atoms. The average molecular weight is 388 g/mol. The van der Waals surface area contributed by atoms with Crippen molar-refractivity contribution < 1.29 is 9.90 Å². The van der Waals surface area contributed by atoms with E-state index in [9.17, 15) is 9.90 Å². The molecule has 5 aliphatic carbocycles. The number of hydrogen-bond donors (Lipinski definition) is 2. The lowest BCUT2D eigenvalue weighted by Gasteiger charge is -2.62. The van der Waals surface area contributed by atoms with E-state index in [1.807, 2.05) is 7.05 Å². The molecule has 0 saturated heterocycles. The van der Waals surface area contributed by atoms with Crippen molar-refractivity contribution in [1.29, 1.82) is 0 Å². The summed E-state index contributed by atoms with van der Waals surface area (Å²) in [5, 5.41) is 14.7. The number of carbonyl (C=O) groups is 1. The fourth-order valence-electron chi connectivity index (χ4n) is 10.3. The highest BCUT2D eigenvalue weighted by Crippen LogP contribution is 2.88. The summed E-state index contributed by atoms with van der Waals surface area (Å²) in [5.41, 5.74) is 1.18. The zero-order valence-corrected chi connectivity index (χ0v) is 18.9. The Labute approximate surface area is 171 Å². The van der Waals surface area contributed by atoms with Crippen LogP contribution in [0.5, 0.6) is 0 Å². The van der Waals surface area contributed by atoms with Crippen molar-refractivity contribution in [3.8, 4) is 0 Å². The van der Waals surface area contributed by atoms with Gasteiger partial charge in [-0.05, 0) is 92.4 Å². The molecule has 3 nitrogen and oxygen atoms in total. The summed E-state index contributed by atoms with van der Waals surface area (Å²) in [5.74, 6) is 2.16. The normalized spacial score (nSPS) is 57.6. The number of nitrogens with one attached hydrogen (secondary N) is 1. The highest BCUT2D eigenvalue weighted by atomic mass is 16.3. The topological polar surface area (TPSA) is 49.3 Å². The van der Waals surface area contributed by atoms with Crippen LogP contribution in [0.15, 0.2) is 0 Å². The number of aliphatic hydroxyl groups excluding tert-OH is 1. The monoisotopic (exact) mass is 387 g/mol. The van der Waals surface area contributed by atoms with Gasteiger partial charge in [-0.25, -0.2) is 0 Å². The van der Waals surface area contributed by atoms with Gasteiger partial charge >= 0.3 is 0 Å². The van der Waals surface area contributed by atoms with E-state index in [-0.39, 0.29) is 22.3 Å². The second-order valence-electron chi connectivity index (χ2n) is 12.5. The molecule has 5 rings (SSSR count). The van der Waals surface area contributed by atoms with Crippen molar-refractivity contribution >= 4 is 5.78 Å². The van der Waals surface area contributed by atoms with Crippen LogP contribution in [-0.2, 0) is 4.79 Å². The minimum atomic E-state index is -0.190. The lowest BCUT2D eigenvalue weighted by molar-refractivity contribution is -0.156. The highest BCUT2D eigenvalue weighted by Gasteiger charge is 2.82. The van der Waals surface area contributed by atoms with Crippen molar-refractivity contribution in [3.63, 3.8) is 0 Å². The van der Waals surface area contributed by atoms with Crippen LogP contribution in [0.4, 0.5) is 0 Å². The Balaban J connectivity index is 1.54. The van der Waals surface area contributed by atoms with Gasteiger partial charge in [-0.3, -0.25) is 4.79 Å². The quantitative estimate of drug-likeness (QED) is 0.729. The minimum Gasteiger partial charge on any atom is -0.393 e. The molecule has 0 amide bonds. The smallest absolute Gasteiger partial charge is 0.138 e. The van der Waals surface area contributed by atoms with E-state index in [1.165, 1.54) is 32.1 Å². The summed E-state index contributed by atoms with van der Waals surface area (Å²) in [6, 6.07) is 0.353. The molecule has 9 atom stereocenters. The average Bonchev–Trinajstić information content (AvgIpc) is 3.24. The third kappa shape index (κ3) is 1.89. The summed E-state index contributed by atoms with van der Waals surface area (Å²) >= 11 is 0. The molecule has 2 N–H and O–H groups in total. The number of hydrogen-bond acceptors (Lipinski definition) is 3. The maximum Gasteiger partial charge on any atom is 0.138 e. The highest BCUT2D eigenvalue weighted by molar-refractivity contribution is 5.86. The van der Waals surface area contributed by atoms with Crippen molar-refractivity contribution in [1.82, 2.24) is 5.32 Å². The van der Waals surface area contributed by atoms with E-state index in [2.05, 4.69) is 39.9 Å². The SMILES string of the molecule is CN[C@@H](C)[C@H]1[C@H](O)C[C@@]2(C)C3CCC4C(C)(C)C(=O)CC[C@@]45C[C@@]35CC[C@]12C. The first-order chi connectivity index (χ1) is 13.0. The van der Waals surface area contributed by atoms with E-state index in [0.717, 1.165) is 25.2 Å². The molecule has 5 fully saturated rings. The van der Waals surface area contributed by atoms with Crippen LogP contribution < -0.4 is 5.32 Å². The van der Waals surface area contributed by atoms with Crippen molar-refractivity contribution in [3.05, 3.63) is 0 Å². The van der Waals surface area contributed by atoms with E-state index < -0.39 is 0 Å². The van der Waals surface area contributed by atoms with E-state index >= 15 is 0 Å². The Morgan fingerprint density at radius 1 is 1.00 bits per heavy atom. The number of aliphatic hydroxyl groups is 1. The van der Waals surface area contributed by atoms with Crippen LogP contribution in [0.2, 0.25) is 0 Å². The van der Waals surface area contributed by atoms with Crippen LogP contribution in [-0.4, -0.2) is 30.1 Å². The molecule has 0 aliphatic heterocycles. The number of ketones is 1. The molecule has 5 aliphatic rings. The summed E-state index contributed by atoms with van der Waals surface area (Å²) in [4.78, 5) is 12.7. The molecule has 158 valence electrons. The van der Waals surface area contributed by atoms with Gasteiger partial charge < -0.3 is 10.4 Å². The molecule has 0 radical (unpaired) electrons. The van der Waals surface area contributed by atoms with Crippen molar-refractivity contribution in [2.45, 2.75) is 98.1 Å². The van der Waals surface area contributed by atoms with Crippen LogP contribution in [0.25, 0.3) is 0 Å². The third-order valence-electron chi connectivity index (χ3n) is 11.9. The molecule has 5 saturated carbocycles. The zero-order valence-electron chi connectivity index (χ0n) is 18.9. The second kappa shape index (κ2) is 5.44. The predicted molar refractivity (Wildman–Crippen MR) is 112 cm³/mol. The molecule has 0 heterocycles. The van der Waals surface area contributed by atoms with Gasteiger partial charge in [-0.2, -0.15) is 0 Å². The first-order valence-corrected chi connectivity index (χ1v) is 11.9. The molecule has 2 spiro atoms. The first-order valence-electron chi connectivity index (χ1n) is 11.9. The fourth-order valence-corrected chi connectivity index (χ4v) is 10.3. The Morgan fingerprint density at radius 2 is 1.64 bits per heavy atom. The molecule has 3 heteroatoms. The van der Waals surface area contributed by atoms with Gasteiger partial charge in [0.25, 0.3) is 0 Å². The number of fused-ring (bicyclic) bond motifs is 2. The number of rotatable bonds is 2. The Kier molecular flexibility index (Phi) is 3.80. The van der Waals surface area contributed by atoms with Gasteiger partial charge in [0, 0.05) is 23.8 Å². The Morgan fingerprint density at radius 3 is 2.32 bits per heavy atom. The molecule has 0 bridgehead atoms. The second-order valence-corrected chi connectivity index (χ2v) is 12.5. The van der Waals surface area contributed by atoms with Crippen molar-refractivity contribution in [2.75, 3.05) is 7.05 Å². The molecule has 0 aromatic rings. The van der Waals surface area contributed by atoms with Crippen LogP contribution in [0.1, 0.15) is 86.0 Å². The molecule has 2 unspecified atom stereocenters. The Bertz CT molecular complexity index is 717. The molecule has 0 aromatic carbocycles. The van der Waals surface area contributed by atoms with Gasteiger partial charge in [0.2, 0.25) is 0 Å². The Hall–Kier alpha value is -0.410. The minimum absolute atomic E-state index is 0.132. The first kappa shape index (κ1) is 19.5. The number of carbonyl (C=O) groups excluding carboxylic acids is 1. The van der Waals surface area contributed by atoms with E-state index in [0.29, 0.717) is 34.5 Å². The molecular weight excluding hydrogens is 346 g/mol.